The van der Waals surface area contributed by atoms with E-state index < -0.39 is 15.8 Å². The maximum Gasteiger partial charge on any atom is 0.335 e. The summed E-state index contributed by atoms with van der Waals surface area (Å²) in [5.74, 6) is -0.681. The number of nitrogens with zero attached hydrogens (tertiary/aromatic N) is 2. The predicted molar refractivity (Wildman–Crippen MR) is 79.4 cm³/mol. The summed E-state index contributed by atoms with van der Waals surface area (Å²) >= 11 is 1.41. The maximum absolute atomic E-state index is 12.1. The van der Waals surface area contributed by atoms with Gasteiger partial charge in [-0.1, -0.05) is 0 Å². The quantitative estimate of drug-likeness (QED) is 0.813. The summed E-state index contributed by atoms with van der Waals surface area (Å²) in [5.41, 5.74) is 0.0682. The van der Waals surface area contributed by atoms with Crippen molar-refractivity contribution in [3.8, 4) is 0 Å². The average Bonchev–Trinajstić information content (AvgIpc) is 2.84. The molecule has 0 radical (unpaired) electrons. The first-order valence-electron chi connectivity index (χ1n) is 6.06. The monoisotopic (exact) mass is 326 g/mol. The zero-order valence-corrected chi connectivity index (χ0v) is 12.9. The molecule has 2 rings (SSSR count). The Labute approximate surface area is 126 Å². The smallest absolute Gasteiger partial charge is 0.335 e. The van der Waals surface area contributed by atoms with Crippen LogP contribution in [0.5, 0.6) is 0 Å². The Morgan fingerprint density at radius 2 is 2.00 bits per heavy atom. The van der Waals surface area contributed by atoms with Gasteiger partial charge in [0, 0.05) is 23.9 Å². The zero-order valence-electron chi connectivity index (χ0n) is 11.3. The summed E-state index contributed by atoms with van der Waals surface area (Å²) in [6.07, 6.45) is 3.50. The number of thioether (sulfide) groups is 1. The molecule has 0 aliphatic rings. The number of hydrogen-bond donors (Lipinski definition) is 1. The van der Waals surface area contributed by atoms with E-state index in [1.165, 1.54) is 36.0 Å². The van der Waals surface area contributed by atoms with Crippen molar-refractivity contribution in [2.24, 2.45) is 7.05 Å². The summed E-state index contributed by atoms with van der Waals surface area (Å²) in [6, 6.07) is 5.24. The van der Waals surface area contributed by atoms with Gasteiger partial charge < -0.3 is 5.11 Å². The first-order valence-corrected chi connectivity index (χ1v) is 8.70. The fourth-order valence-electron chi connectivity index (χ4n) is 1.67. The molecule has 0 aliphatic carbocycles. The molecule has 112 valence electrons. The lowest BCUT2D eigenvalue weighted by Gasteiger charge is -2.04. The number of hydrogen-bond acceptors (Lipinski definition) is 5. The Hall–Kier alpha value is -1.80. The van der Waals surface area contributed by atoms with E-state index in [0.717, 1.165) is 4.90 Å². The van der Waals surface area contributed by atoms with E-state index in [9.17, 15) is 13.2 Å². The highest BCUT2D eigenvalue weighted by atomic mass is 32.2. The maximum atomic E-state index is 12.1. The minimum atomic E-state index is -3.41. The van der Waals surface area contributed by atoms with E-state index in [2.05, 4.69) is 5.10 Å². The lowest BCUT2D eigenvalue weighted by Crippen LogP contribution is -2.09. The second-order valence-electron chi connectivity index (χ2n) is 4.35. The van der Waals surface area contributed by atoms with Crippen LogP contribution in [0.15, 0.2) is 46.5 Å². The van der Waals surface area contributed by atoms with Gasteiger partial charge in [-0.3, -0.25) is 4.68 Å². The number of benzene rings is 1. The van der Waals surface area contributed by atoms with Gasteiger partial charge in [-0.2, -0.15) is 5.10 Å². The SMILES string of the molecule is Cn1cc(SCCS(=O)(=O)c2ccc(C(=O)O)cc2)cn1. The molecular weight excluding hydrogens is 312 g/mol. The molecule has 0 fully saturated rings. The molecule has 1 N–H and O–H groups in total. The number of aromatic nitrogens is 2. The minimum absolute atomic E-state index is 0.0149. The minimum Gasteiger partial charge on any atom is -0.478 e. The van der Waals surface area contributed by atoms with Gasteiger partial charge in [0.05, 0.1) is 22.4 Å². The van der Waals surface area contributed by atoms with Crippen LogP contribution in [0.25, 0.3) is 0 Å². The summed E-state index contributed by atoms with van der Waals surface area (Å²) in [6.45, 7) is 0. The van der Waals surface area contributed by atoms with Gasteiger partial charge >= 0.3 is 5.97 Å². The third kappa shape index (κ3) is 4.08. The van der Waals surface area contributed by atoms with Crippen LogP contribution in [0.1, 0.15) is 10.4 Å². The van der Waals surface area contributed by atoms with E-state index in [0.29, 0.717) is 5.75 Å². The van der Waals surface area contributed by atoms with Crippen LogP contribution in [-0.4, -0.2) is 40.8 Å². The number of carboxylic acid groups (broad SMARTS) is 1. The molecule has 0 unspecified atom stereocenters. The van der Waals surface area contributed by atoms with Crippen molar-refractivity contribution in [2.45, 2.75) is 9.79 Å². The highest BCUT2D eigenvalue weighted by molar-refractivity contribution is 8.00. The molecule has 0 saturated carbocycles. The van der Waals surface area contributed by atoms with Crippen LogP contribution >= 0.6 is 11.8 Å². The third-order valence-electron chi connectivity index (χ3n) is 2.76. The summed E-state index contributed by atoms with van der Waals surface area (Å²) < 4.78 is 25.9. The van der Waals surface area contributed by atoms with Crippen molar-refractivity contribution in [3.63, 3.8) is 0 Å². The molecule has 6 nitrogen and oxygen atoms in total. The van der Waals surface area contributed by atoms with Crippen LogP contribution in [-0.2, 0) is 16.9 Å². The standard InChI is InChI=1S/C13H14N2O4S2/c1-15-9-11(8-14-15)20-6-7-21(18,19)12-4-2-10(3-5-12)13(16)17/h2-5,8-9H,6-7H2,1H3,(H,16,17). The van der Waals surface area contributed by atoms with Crippen molar-refractivity contribution in [1.82, 2.24) is 9.78 Å². The Bertz CT molecular complexity index is 736. The Morgan fingerprint density at radius 1 is 1.33 bits per heavy atom. The lowest BCUT2D eigenvalue weighted by atomic mass is 10.2. The molecule has 0 aliphatic heterocycles. The third-order valence-corrected chi connectivity index (χ3v) is 5.71. The fourth-order valence-corrected chi connectivity index (χ4v) is 4.25. The highest BCUT2D eigenvalue weighted by Gasteiger charge is 2.15. The zero-order chi connectivity index (χ0) is 15.5. The van der Waals surface area contributed by atoms with Gasteiger partial charge in [0.1, 0.15) is 0 Å². The fraction of sp³-hybridized carbons (Fsp3) is 0.231. The lowest BCUT2D eigenvalue weighted by molar-refractivity contribution is 0.0696. The van der Waals surface area contributed by atoms with Crippen LogP contribution in [0.2, 0.25) is 0 Å². The first-order chi connectivity index (χ1) is 9.88. The van der Waals surface area contributed by atoms with Gasteiger partial charge in [0.25, 0.3) is 0 Å². The molecule has 1 heterocycles. The molecule has 1 aromatic carbocycles. The molecule has 8 heteroatoms. The van der Waals surface area contributed by atoms with Gasteiger partial charge in [-0.15, -0.1) is 11.8 Å². The first kappa shape index (κ1) is 15.6. The Balaban J connectivity index is 1.99. The van der Waals surface area contributed by atoms with E-state index >= 15 is 0 Å². The molecule has 0 saturated heterocycles. The number of carbonyl (C=O) groups is 1. The van der Waals surface area contributed by atoms with E-state index in [1.807, 2.05) is 6.20 Å². The number of aryl methyl sites for hydroxylation is 1. The van der Waals surface area contributed by atoms with Crippen LogP contribution in [0.3, 0.4) is 0 Å². The molecular formula is C13H14N2O4S2. The van der Waals surface area contributed by atoms with Gasteiger partial charge in [0.15, 0.2) is 9.84 Å². The van der Waals surface area contributed by atoms with Gasteiger partial charge in [0.2, 0.25) is 0 Å². The van der Waals surface area contributed by atoms with Crippen LogP contribution < -0.4 is 0 Å². The van der Waals surface area contributed by atoms with Gasteiger partial charge in [-0.25, -0.2) is 13.2 Å². The van der Waals surface area contributed by atoms with Crippen molar-refractivity contribution >= 4 is 27.6 Å². The van der Waals surface area contributed by atoms with Crippen molar-refractivity contribution in [2.75, 3.05) is 11.5 Å². The van der Waals surface area contributed by atoms with E-state index in [1.54, 1.807) is 17.9 Å². The Kier molecular flexibility index (Phi) is 4.69. The van der Waals surface area contributed by atoms with Crippen molar-refractivity contribution in [1.29, 1.82) is 0 Å². The number of sulfone groups is 1. The van der Waals surface area contributed by atoms with E-state index in [4.69, 9.17) is 5.11 Å². The van der Waals surface area contributed by atoms with E-state index in [-0.39, 0.29) is 16.2 Å². The number of carboxylic acids is 1. The summed E-state index contributed by atoms with van der Waals surface area (Å²) in [7, 11) is -1.61. The molecule has 0 amide bonds. The normalized spacial score (nSPS) is 11.5. The molecule has 0 atom stereocenters. The number of rotatable bonds is 6. The average molecular weight is 326 g/mol. The molecule has 1 aromatic heterocycles. The van der Waals surface area contributed by atoms with Crippen molar-refractivity contribution in [3.05, 3.63) is 42.2 Å². The Morgan fingerprint density at radius 3 is 2.52 bits per heavy atom. The number of aromatic carboxylic acids is 1. The summed E-state index contributed by atoms with van der Waals surface area (Å²) in [5, 5.41) is 12.8. The molecule has 2 aromatic rings. The second kappa shape index (κ2) is 6.31. The van der Waals surface area contributed by atoms with Gasteiger partial charge in [-0.05, 0) is 24.3 Å². The van der Waals surface area contributed by atoms with Crippen LogP contribution in [0.4, 0.5) is 0 Å². The van der Waals surface area contributed by atoms with Crippen LogP contribution in [0, 0.1) is 0 Å². The topological polar surface area (TPSA) is 89.3 Å². The molecule has 0 spiro atoms. The predicted octanol–water partition coefficient (Wildman–Crippen LogP) is 1.68. The largest absolute Gasteiger partial charge is 0.478 e. The second-order valence-corrected chi connectivity index (χ2v) is 7.62. The highest BCUT2D eigenvalue weighted by Crippen LogP contribution is 2.19. The molecule has 0 bridgehead atoms. The molecule has 21 heavy (non-hydrogen) atoms. The summed E-state index contributed by atoms with van der Waals surface area (Å²) in [4.78, 5) is 11.8. The van der Waals surface area contributed by atoms with Crippen molar-refractivity contribution < 1.29 is 18.3 Å².